The van der Waals surface area contributed by atoms with Crippen LogP contribution in [0.15, 0.2) is 4.79 Å². The van der Waals surface area contributed by atoms with Gasteiger partial charge in [0.05, 0.1) is 6.54 Å². The summed E-state index contributed by atoms with van der Waals surface area (Å²) >= 11 is 0. The molecule has 1 aromatic heterocycles. The Balaban J connectivity index is 1.35. The average Bonchev–Trinajstić information content (AvgIpc) is 3.31. The van der Waals surface area contributed by atoms with Crippen LogP contribution in [0, 0.1) is 5.92 Å². The summed E-state index contributed by atoms with van der Waals surface area (Å²) in [5.41, 5.74) is 0.0406. The maximum Gasteiger partial charge on any atom is 0.345 e. The van der Waals surface area contributed by atoms with Crippen molar-refractivity contribution >= 4 is 5.91 Å². The van der Waals surface area contributed by atoms with Gasteiger partial charge >= 0.3 is 5.69 Å². The molecule has 2 aliphatic heterocycles. The Morgan fingerprint density at radius 1 is 1.00 bits per heavy atom. The van der Waals surface area contributed by atoms with Gasteiger partial charge in [-0.1, -0.05) is 19.8 Å². The van der Waals surface area contributed by atoms with E-state index in [-0.39, 0.29) is 11.6 Å². The molecule has 28 heavy (non-hydrogen) atoms. The van der Waals surface area contributed by atoms with Crippen molar-refractivity contribution in [1.29, 1.82) is 0 Å². The van der Waals surface area contributed by atoms with Crippen LogP contribution >= 0.6 is 0 Å². The Labute approximate surface area is 167 Å². The second kappa shape index (κ2) is 8.39. The highest BCUT2D eigenvalue weighted by Gasteiger charge is 2.31. The lowest BCUT2D eigenvalue weighted by molar-refractivity contribution is -0.134. The van der Waals surface area contributed by atoms with Crippen LogP contribution in [0.4, 0.5) is 0 Å². The van der Waals surface area contributed by atoms with E-state index < -0.39 is 0 Å². The summed E-state index contributed by atoms with van der Waals surface area (Å²) in [7, 11) is 1.77. The number of piperidine rings is 2. The van der Waals surface area contributed by atoms with E-state index in [4.69, 9.17) is 0 Å². The molecule has 0 atom stereocenters. The van der Waals surface area contributed by atoms with Crippen LogP contribution in [0.1, 0.15) is 76.1 Å². The third kappa shape index (κ3) is 4.04. The number of carbonyl (C=O) groups excluding carboxylic acids is 1. The first kappa shape index (κ1) is 19.7. The summed E-state index contributed by atoms with van der Waals surface area (Å²) in [6.45, 7) is 6.47. The number of amides is 1. The fourth-order valence-corrected chi connectivity index (χ4v) is 5.18. The monoisotopic (exact) mass is 389 g/mol. The van der Waals surface area contributed by atoms with E-state index in [9.17, 15) is 9.59 Å². The van der Waals surface area contributed by atoms with Gasteiger partial charge in [-0.05, 0) is 57.5 Å². The lowest BCUT2D eigenvalue weighted by Gasteiger charge is -2.35. The Morgan fingerprint density at radius 2 is 1.64 bits per heavy atom. The molecule has 4 rings (SSSR count). The molecule has 0 spiro atoms. The summed E-state index contributed by atoms with van der Waals surface area (Å²) in [6, 6.07) is 0.331. The van der Waals surface area contributed by atoms with Gasteiger partial charge in [-0.3, -0.25) is 14.3 Å². The minimum absolute atomic E-state index is 0.0406. The molecule has 1 amide bonds. The molecular formula is C21H35N5O2. The van der Waals surface area contributed by atoms with Crippen molar-refractivity contribution in [3.63, 3.8) is 0 Å². The number of aromatic nitrogens is 3. The van der Waals surface area contributed by atoms with Crippen molar-refractivity contribution in [1.82, 2.24) is 24.1 Å². The van der Waals surface area contributed by atoms with Crippen molar-refractivity contribution in [2.24, 2.45) is 13.0 Å². The molecule has 0 aromatic carbocycles. The normalized spacial score (nSPS) is 23.6. The summed E-state index contributed by atoms with van der Waals surface area (Å²) in [4.78, 5) is 29.6. The number of rotatable bonds is 4. The lowest BCUT2D eigenvalue weighted by atomic mass is 9.95. The standard InChI is InChI=1S/C21H35N5O2/c1-16-7-13-25(14-8-16)19(27)15-24-11-9-17(10-12-24)20-22-23(2)21(28)26(20)18-5-3-4-6-18/h16-18H,3-15H2,1-2H3. The molecule has 0 unspecified atom stereocenters. The van der Waals surface area contributed by atoms with Gasteiger partial charge in [0.1, 0.15) is 5.82 Å². The van der Waals surface area contributed by atoms with E-state index in [1.54, 1.807) is 7.05 Å². The van der Waals surface area contributed by atoms with E-state index in [0.29, 0.717) is 18.5 Å². The van der Waals surface area contributed by atoms with E-state index in [1.165, 1.54) is 17.5 Å². The lowest BCUT2D eigenvalue weighted by Crippen LogP contribution is -2.45. The van der Waals surface area contributed by atoms with Gasteiger partial charge in [0, 0.05) is 32.1 Å². The van der Waals surface area contributed by atoms with Gasteiger partial charge in [-0.25, -0.2) is 9.48 Å². The Kier molecular flexibility index (Phi) is 5.90. The SMILES string of the molecule is CC1CCN(C(=O)CN2CCC(c3nn(C)c(=O)n3C3CCCC3)CC2)CC1. The summed E-state index contributed by atoms with van der Waals surface area (Å²) in [6.07, 6.45) is 8.84. The third-order valence-corrected chi connectivity index (χ3v) is 7.12. The first-order valence-corrected chi connectivity index (χ1v) is 11.2. The maximum absolute atomic E-state index is 12.6. The van der Waals surface area contributed by atoms with Gasteiger partial charge in [-0.2, -0.15) is 5.10 Å². The van der Waals surface area contributed by atoms with E-state index in [1.807, 2.05) is 9.47 Å². The number of hydrogen-bond donors (Lipinski definition) is 0. The van der Waals surface area contributed by atoms with Crippen molar-refractivity contribution < 1.29 is 4.79 Å². The number of carbonyl (C=O) groups is 1. The topological polar surface area (TPSA) is 63.4 Å². The van der Waals surface area contributed by atoms with E-state index >= 15 is 0 Å². The zero-order valence-electron chi connectivity index (χ0n) is 17.5. The quantitative estimate of drug-likeness (QED) is 0.791. The van der Waals surface area contributed by atoms with Crippen molar-refractivity contribution in [3.8, 4) is 0 Å². The van der Waals surface area contributed by atoms with Crippen LogP contribution in [0.2, 0.25) is 0 Å². The Morgan fingerprint density at radius 3 is 2.29 bits per heavy atom. The van der Waals surface area contributed by atoms with Crippen LogP contribution < -0.4 is 5.69 Å². The number of likely N-dealkylation sites (tertiary alicyclic amines) is 2. The minimum Gasteiger partial charge on any atom is -0.342 e. The van der Waals surface area contributed by atoms with Gasteiger partial charge in [0.2, 0.25) is 5.91 Å². The first-order chi connectivity index (χ1) is 13.5. The molecule has 7 nitrogen and oxygen atoms in total. The molecular weight excluding hydrogens is 354 g/mol. The predicted octanol–water partition coefficient (Wildman–Crippen LogP) is 2.13. The van der Waals surface area contributed by atoms with Crippen LogP contribution in [0.3, 0.4) is 0 Å². The molecule has 0 radical (unpaired) electrons. The van der Waals surface area contributed by atoms with Crippen LogP contribution in [0.25, 0.3) is 0 Å². The van der Waals surface area contributed by atoms with Crippen molar-refractivity contribution in [2.75, 3.05) is 32.7 Å². The highest BCUT2D eigenvalue weighted by molar-refractivity contribution is 5.78. The number of hydrogen-bond acceptors (Lipinski definition) is 4. The minimum atomic E-state index is 0.0406. The van der Waals surface area contributed by atoms with Crippen LogP contribution in [-0.4, -0.2) is 62.8 Å². The molecule has 1 aromatic rings. The summed E-state index contributed by atoms with van der Waals surface area (Å²) < 4.78 is 3.51. The third-order valence-electron chi connectivity index (χ3n) is 7.12. The number of nitrogens with zero attached hydrogens (tertiary/aromatic N) is 5. The highest BCUT2D eigenvalue weighted by Crippen LogP contribution is 2.33. The smallest absolute Gasteiger partial charge is 0.342 e. The molecule has 0 N–H and O–H groups in total. The first-order valence-electron chi connectivity index (χ1n) is 11.2. The molecule has 0 bridgehead atoms. The van der Waals surface area contributed by atoms with Crippen molar-refractivity contribution in [2.45, 2.75) is 70.3 Å². The van der Waals surface area contributed by atoms with Crippen molar-refractivity contribution in [3.05, 3.63) is 16.3 Å². The Hall–Kier alpha value is -1.63. The zero-order valence-corrected chi connectivity index (χ0v) is 17.5. The second-order valence-corrected chi connectivity index (χ2v) is 9.19. The molecule has 7 heteroatoms. The van der Waals surface area contributed by atoms with E-state index in [0.717, 1.165) is 76.4 Å². The molecule has 2 saturated heterocycles. The largest absolute Gasteiger partial charge is 0.345 e. The van der Waals surface area contributed by atoms with Crippen LogP contribution in [-0.2, 0) is 11.8 Å². The zero-order chi connectivity index (χ0) is 19.7. The molecule has 156 valence electrons. The fourth-order valence-electron chi connectivity index (χ4n) is 5.18. The highest BCUT2D eigenvalue weighted by atomic mass is 16.2. The maximum atomic E-state index is 12.6. The Bertz CT molecular complexity index is 732. The van der Waals surface area contributed by atoms with Gasteiger partial charge < -0.3 is 4.90 Å². The predicted molar refractivity (Wildman–Crippen MR) is 108 cm³/mol. The van der Waals surface area contributed by atoms with Gasteiger partial charge in [0.25, 0.3) is 0 Å². The van der Waals surface area contributed by atoms with Gasteiger partial charge in [-0.15, -0.1) is 0 Å². The van der Waals surface area contributed by atoms with Gasteiger partial charge in [0.15, 0.2) is 0 Å². The molecule has 3 fully saturated rings. The average molecular weight is 390 g/mol. The molecule has 1 saturated carbocycles. The molecule has 3 aliphatic rings. The second-order valence-electron chi connectivity index (χ2n) is 9.19. The van der Waals surface area contributed by atoms with E-state index in [2.05, 4.69) is 16.9 Å². The number of aryl methyl sites for hydroxylation is 1. The van der Waals surface area contributed by atoms with Crippen LogP contribution in [0.5, 0.6) is 0 Å². The summed E-state index contributed by atoms with van der Waals surface area (Å²) in [5.74, 6) is 2.34. The molecule has 3 heterocycles. The fraction of sp³-hybridized carbons (Fsp3) is 0.857. The summed E-state index contributed by atoms with van der Waals surface area (Å²) in [5, 5.41) is 4.62. The molecule has 1 aliphatic carbocycles.